The minimum Gasteiger partial charge on any atom is -0.506 e. The summed E-state index contributed by atoms with van der Waals surface area (Å²) < 4.78 is 1.59. The van der Waals surface area contributed by atoms with Gasteiger partial charge in [0.1, 0.15) is 11.3 Å². The Morgan fingerprint density at radius 2 is 2.24 bits per heavy atom. The number of benzene rings is 1. The molecular weight excluding hydrogens is 268 g/mol. The van der Waals surface area contributed by atoms with E-state index in [1.54, 1.807) is 10.6 Å². The van der Waals surface area contributed by atoms with Crippen LogP contribution in [0.3, 0.4) is 0 Å². The normalized spacial score (nSPS) is 14.4. The summed E-state index contributed by atoms with van der Waals surface area (Å²) in [5.74, 6) is -0.717. The Kier molecular flexibility index (Phi) is 3.20. The lowest BCUT2D eigenvalue weighted by molar-refractivity contribution is 0.0934. The Hall–Kier alpha value is -2.30. The van der Waals surface area contributed by atoms with Crippen molar-refractivity contribution in [3.8, 4) is 5.75 Å². The van der Waals surface area contributed by atoms with Crippen LogP contribution in [0.15, 0.2) is 23.0 Å². The van der Waals surface area contributed by atoms with E-state index in [1.807, 2.05) is 26.0 Å². The van der Waals surface area contributed by atoms with Crippen LogP contribution in [0.2, 0.25) is 0 Å². The van der Waals surface area contributed by atoms with E-state index in [4.69, 9.17) is 0 Å². The highest BCUT2D eigenvalue weighted by atomic mass is 16.3. The number of aromatic hydroxyl groups is 1. The number of carbonyl (C=O) groups is 1. The van der Waals surface area contributed by atoms with Crippen LogP contribution in [0.4, 0.5) is 0 Å². The van der Waals surface area contributed by atoms with Gasteiger partial charge in [0.25, 0.3) is 11.5 Å². The molecule has 0 spiro atoms. The van der Waals surface area contributed by atoms with Crippen molar-refractivity contribution in [2.24, 2.45) is 0 Å². The quantitative estimate of drug-likeness (QED) is 0.903. The second-order valence-electron chi connectivity index (χ2n) is 5.53. The van der Waals surface area contributed by atoms with Crippen molar-refractivity contribution in [3.05, 3.63) is 39.7 Å². The first kappa shape index (κ1) is 13.7. The van der Waals surface area contributed by atoms with Crippen LogP contribution in [0.25, 0.3) is 10.9 Å². The van der Waals surface area contributed by atoms with Gasteiger partial charge in [0.05, 0.1) is 5.52 Å². The van der Waals surface area contributed by atoms with Crippen molar-refractivity contribution in [2.45, 2.75) is 39.3 Å². The Labute approximate surface area is 122 Å². The average molecular weight is 286 g/mol. The molecule has 0 fully saturated rings. The second kappa shape index (κ2) is 4.91. The molecule has 21 heavy (non-hydrogen) atoms. The van der Waals surface area contributed by atoms with Gasteiger partial charge in [0, 0.05) is 18.0 Å². The van der Waals surface area contributed by atoms with E-state index < -0.39 is 11.5 Å². The third-order valence-electron chi connectivity index (χ3n) is 4.16. The number of para-hydroxylation sites is 1. The standard InChI is InChI=1S/C16H18N2O3/c1-3-9(2)17-15(20)12-14(19)11-6-4-5-10-7-8-18(13(10)11)16(12)21/h4-6,9,19H,3,7-8H2,1-2H3,(H,17,20)/t9-/m0/s1. The van der Waals surface area contributed by atoms with Crippen LogP contribution in [-0.4, -0.2) is 21.6 Å². The summed E-state index contributed by atoms with van der Waals surface area (Å²) in [4.78, 5) is 24.8. The summed E-state index contributed by atoms with van der Waals surface area (Å²) >= 11 is 0. The zero-order chi connectivity index (χ0) is 15.1. The number of nitrogens with one attached hydrogen (secondary N) is 1. The first-order chi connectivity index (χ1) is 10.0. The number of hydrogen-bond acceptors (Lipinski definition) is 3. The lowest BCUT2D eigenvalue weighted by atomic mass is 10.1. The third kappa shape index (κ3) is 2.00. The number of nitrogens with zero attached hydrogens (tertiary/aromatic N) is 1. The van der Waals surface area contributed by atoms with Crippen LogP contribution in [0, 0.1) is 0 Å². The van der Waals surface area contributed by atoms with Crippen molar-refractivity contribution in [3.63, 3.8) is 0 Å². The van der Waals surface area contributed by atoms with Crippen LogP contribution >= 0.6 is 0 Å². The lowest BCUT2D eigenvalue weighted by Crippen LogP contribution is -2.37. The zero-order valence-electron chi connectivity index (χ0n) is 12.1. The fourth-order valence-corrected chi connectivity index (χ4v) is 2.82. The molecule has 5 heteroatoms. The van der Waals surface area contributed by atoms with Gasteiger partial charge in [-0.15, -0.1) is 0 Å². The van der Waals surface area contributed by atoms with Gasteiger partial charge in [-0.25, -0.2) is 0 Å². The van der Waals surface area contributed by atoms with Gasteiger partial charge >= 0.3 is 0 Å². The van der Waals surface area contributed by atoms with E-state index in [0.717, 1.165) is 23.9 Å². The molecule has 1 atom stereocenters. The number of carbonyl (C=O) groups excluding carboxylic acids is 1. The van der Waals surface area contributed by atoms with Crippen LogP contribution in [0.5, 0.6) is 5.75 Å². The monoisotopic (exact) mass is 286 g/mol. The Bertz CT molecular complexity index is 792. The van der Waals surface area contributed by atoms with Crippen molar-refractivity contribution in [1.82, 2.24) is 9.88 Å². The van der Waals surface area contributed by atoms with Crippen LogP contribution in [0.1, 0.15) is 36.2 Å². The number of hydrogen-bond donors (Lipinski definition) is 2. The molecule has 0 unspecified atom stereocenters. The first-order valence-electron chi connectivity index (χ1n) is 7.22. The average Bonchev–Trinajstić information content (AvgIpc) is 2.90. The van der Waals surface area contributed by atoms with E-state index in [2.05, 4.69) is 5.32 Å². The molecule has 1 aromatic carbocycles. The van der Waals surface area contributed by atoms with Gasteiger partial charge in [-0.05, 0) is 31.4 Å². The summed E-state index contributed by atoms with van der Waals surface area (Å²) in [6, 6.07) is 5.49. The third-order valence-corrected chi connectivity index (χ3v) is 4.16. The molecule has 1 aromatic heterocycles. The van der Waals surface area contributed by atoms with E-state index in [-0.39, 0.29) is 17.4 Å². The topological polar surface area (TPSA) is 71.3 Å². The van der Waals surface area contributed by atoms with Crippen LogP contribution < -0.4 is 10.9 Å². The van der Waals surface area contributed by atoms with Gasteiger partial charge in [-0.3, -0.25) is 9.59 Å². The molecule has 3 rings (SSSR count). The molecule has 2 aromatic rings. The van der Waals surface area contributed by atoms with Crippen molar-refractivity contribution in [2.75, 3.05) is 0 Å². The van der Waals surface area contributed by atoms with Gasteiger partial charge in [-0.2, -0.15) is 0 Å². The fourth-order valence-electron chi connectivity index (χ4n) is 2.82. The highest BCUT2D eigenvalue weighted by Crippen LogP contribution is 2.31. The highest BCUT2D eigenvalue weighted by Gasteiger charge is 2.26. The number of rotatable bonds is 3. The fraction of sp³-hybridized carbons (Fsp3) is 0.375. The molecule has 2 N–H and O–H groups in total. The summed E-state index contributed by atoms with van der Waals surface area (Å²) in [6.45, 7) is 4.37. The van der Waals surface area contributed by atoms with Crippen molar-refractivity contribution < 1.29 is 9.90 Å². The molecular formula is C16H18N2O3. The Balaban J connectivity index is 2.23. The molecule has 0 aliphatic carbocycles. The number of pyridine rings is 1. The molecule has 1 amide bonds. The van der Waals surface area contributed by atoms with Crippen LogP contribution in [-0.2, 0) is 13.0 Å². The van der Waals surface area contributed by atoms with Gasteiger partial charge in [0.15, 0.2) is 0 Å². The zero-order valence-corrected chi connectivity index (χ0v) is 12.1. The number of amides is 1. The molecule has 5 nitrogen and oxygen atoms in total. The molecule has 110 valence electrons. The summed E-state index contributed by atoms with van der Waals surface area (Å²) in [5, 5.41) is 13.7. The molecule has 1 aliphatic heterocycles. The van der Waals surface area contributed by atoms with E-state index in [1.165, 1.54) is 0 Å². The van der Waals surface area contributed by atoms with Gasteiger partial charge in [-0.1, -0.05) is 19.1 Å². The SMILES string of the molecule is CC[C@H](C)NC(=O)c1c(O)c2cccc3c2n(c1=O)CC3. The van der Waals surface area contributed by atoms with E-state index in [0.29, 0.717) is 11.9 Å². The maximum Gasteiger partial charge on any atom is 0.267 e. The minimum absolute atomic E-state index is 0.0445. The Morgan fingerprint density at radius 1 is 1.48 bits per heavy atom. The summed E-state index contributed by atoms with van der Waals surface area (Å²) in [6.07, 6.45) is 1.51. The summed E-state index contributed by atoms with van der Waals surface area (Å²) in [7, 11) is 0. The van der Waals surface area contributed by atoms with Crippen molar-refractivity contribution >= 4 is 16.8 Å². The maximum atomic E-state index is 12.5. The van der Waals surface area contributed by atoms with Gasteiger partial charge in [0.2, 0.25) is 0 Å². The smallest absolute Gasteiger partial charge is 0.267 e. The lowest BCUT2D eigenvalue weighted by Gasteiger charge is -2.14. The first-order valence-corrected chi connectivity index (χ1v) is 7.22. The summed E-state index contributed by atoms with van der Waals surface area (Å²) in [5.41, 5.74) is 1.22. The molecule has 0 saturated carbocycles. The molecule has 0 bridgehead atoms. The molecule has 0 radical (unpaired) electrons. The van der Waals surface area contributed by atoms with Gasteiger partial charge < -0.3 is 15.0 Å². The maximum absolute atomic E-state index is 12.5. The van der Waals surface area contributed by atoms with E-state index in [9.17, 15) is 14.7 Å². The predicted octanol–water partition coefficient (Wildman–Crippen LogP) is 1.79. The minimum atomic E-state index is -0.505. The van der Waals surface area contributed by atoms with Crippen molar-refractivity contribution in [1.29, 1.82) is 0 Å². The number of aromatic nitrogens is 1. The molecule has 2 heterocycles. The predicted molar refractivity (Wildman–Crippen MR) is 80.8 cm³/mol. The Morgan fingerprint density at radius 3 is 2.95 bits per heavy atom. The van der Waals surface area contributed by atoms with E-state index >= 15 is 0 Å². The molecule has 0 saturated heterocycles. The largest absolute Gasteiger partial charge is 0.506 e. The highest BCUT2D eigenvalue weighted by molar-refractivity contribution is 6.03. The second-order valence-corrected chi connectivity index (χ2v) is 5.53. The molecule has 1 aliphatic rings. The number of aryl methyl sites for hydroxylation is 2.